The monoisotopic (exact) mass is 302 g/mol. The quantitative estimate of drug-likeness (QED) is 0.787. The topological polar surface area (TPSA) is 73.5 Å². The summed E-state index contributed by atoms with van der Waals surface area (Å²) in [6, 6.07) is 7.38. The Morgan fingerprint density at radius 2 is 2.23 bits per heavy atom. The van der Waals surface area contributed by atoms with E-state index in [4.69, 9.17) is 0 Å². The highest BCUT2D eigenvalue weighted by Gasteiger charge is 2.28. The van der Waals surface area contributed by atoms with Crippen molar-refractivity contribution in [1.29, 1.82) is 0 Å². The second-order valence-electron chi connectivity index (χ2n) is 5.98. The molecule has 2 aliphatic rings. The van der Waals surface area contributed by atoms with Crippen LogP contribution >= 0.6 is 0 Å². The molecule has 3 rings (SSSR count). The molecule has 0 bridgehead atoms. The molecule has 118 valence electrons. The number of rotatable bonds is 4. The van der Waals surface area contributed by atoms with Gasteiger partial charge in [-0.05, 0) is 43.6 Å². The maximum Gasteiger partial charge on any atom is 0.321 e. The summed E-state index contributed by atoms with van der Waals surface area (Å²) in [5.74, 6) is 0.436. The van der Waals surface area contributed by atoms with Crippen LogP contribution in [0.2, 0.25) is 0 Å². The van der Waals surface area contributed by atoms with E-state index in [1.807, 2.05) is 31.2 Å². The number of carbonyl (C=O) groups excluding carboxylic acids is 2. The van der Waals surface area contributed by atoms with Gasteiger partial charge in [0.25, 0.3) is 0 Å². The van der Waals surface area contributed by atoms with Crippen molar-refractivity contribution in [2.75, 3.05) is 36.4 Å². The van der Waals surface area contributed by atoms with E-state index >= 15 is 0 Å². The maximum atomic E-state index is 12.3. The molecule has 1 aromatic carbocycles. The Kier molecular flexibility index (Phi) is 4.29. The predicted octanol–water partition coefficient (Wildman–Crippen LogP) is 1.40. The molecule has 22 heavy (non-hydrogen) atoms. The van der Waals surface area contributed by atoms with E-state index in [2.05, 4.69) is 16.0 Å². The van der Waals surface area contributed by atoms with E-state index in [0.29, 0.717) is 12.5 Å². The fraction of sp³-hybridized carbons (Fsp3) is 0.500. The van der Waals surface area contributed by atoms with Gasteiger partial charge in [0, 0.05) is 30.4 Å². The minimum Gasteiger partial charge on any atom is -0.338 e. The largest absolute Gasteiger partial charge is 0.338 e. The summed E-state index contributed by atoms with van der Waals surface area (Å²) in [4.78, 5) is 25.9. The van der Waals surface area contributed by atoms with Crippen LogP contribution in [0.15, 0.2) is 24.3 Å². The number of urea groups is 1. The number of hydrogen-bond acceptors (Lipinski definition) is 3. The lowest BCUT2D eigenvalue weighted by Crippen LogP contribution is -2.48. The van der Waals surface area contributed by atoms with E-state index in [9.17, 15) is 9.59 Å². The van der Waals surface area contributed by atoms with Crippen LogP contribution in [0.4, 0.5) is 16.2 Å². The van der Waals surface area contributed by atoms with E-state index in [-0.39, 0.29) is 17.9 Å². The predicted molar refractivity (Wildman–Crippen MR) is 86.0 cm³/mol. The fourth-order valence-corrected chi connectivity index (χ4v) is 2.76. The zero-order chi connectivity index (χ0) is 15.5. The van der Waals surface area contributed by atoms with Crippen molar-refractivity contribution < 1.29 is 9.59 Å². The number of hydrogen-bond donors (Lipinski definition) is 3. The summed E-state index contributed by atoms with van der Waals surface area (Å²) in [5, 5.41) is 8.98. The van der Waals surface area contributed by atoms with Crippen LogP contribution in [0.5, 0.6) is 0 Å². The third-order valence-corrected chi connectivity index (χ3v) is 4.44. The lowest BCUT2D eigenvalue weighted by atomic mass is 9.88. The molecule has 1 unspecified atom stereocenters. The van der Waals surface area contributed by atoms with Gasteiger partial charge in [-0.25, -0.2) is 4.79 Å². The Morgan fingerprint density at radius 3 is 2.91 bits per heavy atom. The number of anilines is 2. The lowest BCUT2D eigenvalue weighted by molar-refractivity contribution is -0.121. The molecule has 6 nitrogen and oxygen atoms in total. The Balaban J connectivity index is 1.68. The van der Waals surface area contributed by atoms with Crippen molar-refractivity contribution in [2.45, 2.75) is 13.3 Å². The molecule has 3 N–H and O–H groups in total. The molecule has 0 spiro atoms. The van der Waals surface area contributed by atoms with Crippen LogP contribution in [0.3, 0.4) is 0 Å². The third-order valence-electron chi connectivity index (χ3n) is 4.44. The summed E-state index contributed by atoms with van der Waals surface area (Å²) in [6.07, 6.45) is 0.925. The molecule has 2 heterocycles. The molecule has 1 aromatic rings. The third kappa shape index (κ3) is 3.06. The van der Waals surface area contributed by atoms with E-state index < -0.39 is 0 Å². The summed E-state index contributed by atoms with van der Waals surface area (Å²) >= 11 is 0. The van der Waals surface area contributed by atoms with Crippen LogP contribution in [-0.2, 0) is 4.79 Å². The first kappa shape index (κ1) is 14.8. The smallest absolute Gasteiger partial charge is 0.321 e. The van der Waals surface area contributed by atoms with Crippen molar-refractivity contribution in [3.63, 3.8) is 0 Å². The van der Waals surface area contributed by atoms with Gasteiger partial charge >= 0.3 is 6.03 Å². The minimum absolute atomic E-state index is 0.0109. The summed E-state index contributed by atoms with van der Waals surface area (Å²) in [5.41, 5.74) is 1.55. The van der Waals surface area contributed by atoms with Crippen molar-refractivity contribution in [1.82, 2.24) is 10.6 Å². The average Bonchev–Trinajstić information content (AvgIpc) is 2.46. The van der Waals surface area contributed by atoms with Gasteiger partial charge in [-0.1, -0.05) is 13.0 Å². The van der Waals surface area contributed by atoms with Gasteiger partial charge < -0.3 is 16.0 Å². The number of amides is 3. The van der Waals surface area contributed by atoms with Crippen molar-refractivity contribution in [2.24, 2.45) is 11.8 Å². The van der Waals surface area contributed by atoms with Crippen molar-refractivity contribution in [3.8, 4) is 0 Å². The number of benzene rings is 1. The second kappa shape index (κ2) is 6.36. The van der Waals surface area contributed by atoms with Gasteiger partial charge in [0.2, 0.25) is 5.91 Å². The molecular formula is C16H22N4O2. The molecule has 0 saturated carbocycles. The maximum absolute atomic E-state index is 12.3. The molecule has 2 aliphatic heterocycles. The molecule has 1 atom stereocenters. The molecule has 6 heteroatoms. The number of nitrogens with one attached hydrogen (secondary N) is 3. The summed E-state index contributed by atoms with van der Waals surface area (Å²) < 4.78 is 0. The fourth-order valence-electron chi connectivity index (χ4n) is 2.76. The van der Waals surface area contributed by atoms with Gasteiger partial charge in [-0.15, -0.1) is 0 Å². The Bertz CT molecular complexity index is 571. The zero-order valence-corrected chi connectivity index (χ0v) is 12.8. The summed E-state index contributed by atoms with van der Waals surface area (Å²) in [6.45, 7) is 5.19. The normalized spacial score (nSPS) is 20.0. The highest BCUT2D eigenvalue weighted by molar-refractivity contribution is 5.96. The highest BCUT2D eigenvalue weighted by atomic mass is 16.2. The Labute approximate surface area is 130 Å². The molecule has 0 aromatic heterocycles. The van der Waals surface area contributed by atoms with Crippen LogP contribution in [0, 0.1) is 11.8 Å². The zero-order valence-electron chi connectivity index (χ0n) is 12.8. The first-order valence-corrected chi connectivity index (χ1v) is 7.82. The Morgan fingerprint density at radius 1 is 1.41 bits per heavy atom. The molecule has 0 radical (unpaired) electrons. The Hall–Kier alpha value is -2.08. The van der Waals surface area contributed by atoms with E-state index in [1.165, 1.54) is 0 Å². The van der Waals surface area contributed by atoms with Crippen LogP contribution in [-0.4, -0.2) is 38.1 Å². The van der Waals surface area contributed by atoms with Gasteiger partial charge in [0.15, 0.2) is 0 Å². The molecule has 3 amide bonds. The van der Waals surface area contributed by atoms with Crippen LogP contribution in [0.25, 0.3) is 0 Å². The van der Waals surface area contributed by atoms with Gasteiger partial charge in [0.05, 0.1) is 0 Å². The number of nitrogens with zero attached hydrogens (tertiary/aromatic N) is 1. The van der Waals surface area contributed by atoms with E-state index in [0.717, 1.165) is 37.4 Å². The van der Waals surface area contributed by atoms with Gasteiger partial charge in [-0.2, -0.15) is 0 Å². The van der Waals surface area contributed by atoms with Gasteiger partial charge in [0.1, 0.15) is 0 Å². The van der Waals surface area contributed by atoms with Crippen molar-refractivity contribution in [3.05, 3.63) is 24.3 Å². The minimum atomic E-state index is -0.0800. The second-order valence-corrected chi connectivity index (χ2v) is 5.98. The summed E-state index contributed by atoms with van der Waals surface area (Å²) in [7, 11) is 0. The SMILES string of the molecule is CC(C(=O)Nc1cccc(N2CCCNC2=O)c1)C1CNC1. The first-order valence-electron chi connectivity index (χ1n) is 7.82. The molecule has 2 saturated heterocycles. The van der Waals surface area contributed by atoms with Crippen LogP contribution in [0.1, 0.15) is 13.3 Å². The lowest BCUT2D eigenvalue weighted by Gasteiger charge is -2.32. The molecular weight excluding hydrogens is 280 g/mol. The first-order chi connectivity index (χ1) is 10.6. The standard InChI is InChI=1S/C16H22N4O2/c1-11(12-9-17-10-12)15(21)19-13-4-2-5-14(8-13)20-7-3-6-18-16(20)22/h2,4-5,8,11-12,17H,3,6-7,9-10H2,1H3,(H,18,22)(H,19,21). The van der Waals surface area contributed by atoms with Crippen LogP contribution < -0.4 is 20.9 Å². The van der Waals surface area contributed by atoms with Gasteiger partial charge in [-0.3, -0.25) is 9.69 Å². The molecule has 0 aliphatic carbocycles. The highest BCUT2D eigenvalue weighted by Crippen LogP contribution is 2.23. The molecule has 2 fully saturated rings. The van der Waals surface area contributed by atoms with E-state index in [1.54, 1.807) is 4.90 Å². The van der Waals surface area contributed by atoms with Crippen molar-refractivity contribution >= 4 is 23.3 Å². The average molecular weight is 302 g/mol. The number of carbonyl (C=O) groups is 2.